The summed E-state index contributed by atoms with van der Waals surface area (Å²) in [7, 11) is 0. The third-order valence-corrected chi connectivity index (χ3v) is 6.48. The molecular formula is C29H27FN4O2. The van der Waals surface area contributed by atoms with E-state index < -0.39 is 0 Å². The van der Waals surface area contributed by atoms with Crippen LogP contribution in [-0.4, -0.2) is 39.6 Å². The molecule has 6 nitrogen and oxygen atoms in total. The summed E-state index contributed by atoms with van der Waals surface area (Å²) in [6.07, 6.45) is 3.41. The number of amides is 2. The largest absolute Gasteiger partial charge is 0.352 e. The minimum Gasteiger partial charge on any atom is -0.352 e. The third-order valence-electron chi connectivity index (χ3n) is 6.48. The van der Waals surface area contributed by atoms with Crippen LogP contribution >= 0.6 is 0 Å². The Morgan fingerprint density at radius 1 is 0.944 bits per heavy atom. The van der Waals surface area contributed by atoms with Crippen molar-refractivity contribution in [3.8, 4) is 16.9 Å². The van der Waals surface area contributed by atoms with Crippen LogP contribution in [0.25, 0.3) is 16.9 Å². The van der Waals surface area contributed by atoms with Crippen LogP contribution in [0.1, 0.15) is 28.8 Å². The first-order valence-electron chi connectivity index (χ1n) is 12.1. The van der Waals surface area contributed by atoms with Crippen molar-refractivity contribution in [2.45, 2.75) is 19.4 Å². The molecule has 0 radical (unpaired) electrons. The summed E-state index contributed by atoms with van der Waals surface area (Å²) in [6, 6.07) is 25.3. The number of piperidine rings is 1. The Morgan fingerprint density at radius 3 is 2.36 bits per heavy atom. The number of benzene rings is 3. The van der Waals surface area contributed by atoms with E-state index >= 15 is 0 Å². The van der Waals surface area contributed by atoms with E-state index in [1.165, 1.54) is 24.3 Å². The Kier molecular flexibility index (Phi) is 6.89. The second kappa shape index (κ2) is 10.6. The van der Waals surface area contributed by atoms with E-state index in [1.54, 1.807) is 4.90 Å². The lowest BCUT2D eigenvalue weighted by molar-refractivity contribution is -0.126. The zero-order valence-electron chi connectivity index (χ0n) is 19.8. The molecule has 1 unspecified atom stereocenters. The highest BCUT2D eigenvalue weighted by Crippen LogP contribution is 2.24. The maximum atomic E-state index is 13.2. The maximum absolute atomic E-state index is 13.2. The van der Waals surface area contributed by atoms with Gasteiger partial charge in [0.2, 0.25) is 5.91 Å². The van der Waals surface area contributed by atoms with Crippen LogP contribution < -0.4 is 5.32 Å². The van der Waals surface area contributed by atoms with E-state index in [2.05, 4.69) is 5.32 Å². The van der Waals surface area contributed by atoms with E-state index in [-0.39, 0.29) is 23.5 Å². The summed E-state index contributed by atoms with van der Waals surface area (Å²) in [6.45, 7) is 1.26. The van der Waals surface area contributed by atoms with Crippen LogP contribution in [0.4, 0.5) is 4.39 Å². The Bertz CT molecular complexity index is 1340. The maximum Gasteiger partial charge on any atom is 0.253 e. The monoisotopic (exact) mass is 482 g/mol. The van der Waals surface area contributed by atoms with E-state index in [4.69, 9.17) is 5.10 Å². The minimum atomic E-state index is -0.382. The third kappa shape index (κ3) is 5.20. The molecule has 1 fully saturated rings. The second-order valence-electron chi connectivity index (χ2n) is 8.96. The number of hydrogen-bond acceptors (Lipinski definition) is 3. The van der Waals surface area contributed by atoms with Crippen molar-refractivity contribution in [3.63, 3.8) is 0 Å². The zero-order chi connectivity index (χ0) is 24.9. The van der Waals surface area contributed by atoms with Crippen molar-refractivity contribution < 1.29 is 14.0 Å². The molecule has 7 heteroatoms. The van der Waals surface area contributed by atoms with Crippen LogP contribution in [0.5, 0.6) is 0 Å². The topological polar surface area (TPSA) is 67.2 Å². The van der Waals surface area contributed by atoms with Crippen LogP contribution in [0.2, 0.25) is 0 Å². The number of nitrogens with one attached hydrogen (secondary N) is 1. The molecular weight excluding hydrogens is 455 g/mol. The Balaban J connectivity index is 1.29. The summed E-state index contributed by atoms with van der Waals surface area (Å²) in [5.41, 5.74) is 4.07. The fraction of sp³-hybridized carbons (Fsp3) is 0.207. The smallest absolute Gasteiger partial charge is 0.253 e. The summed E-state index contributed by atoms with van der Waals surface area (Å²) in [5, 5.41) is 7.87. The first kappa shape index (κ1) is 23.5. The first-order chi connectivity index (χ1) is 17.6. The van der Waals surface area contributed by atoms with Crippen molar-refractivity contribution in [1.29, 1.82) is 0 Å². The lowest BCUT2D eigenvalue weighted by atomic mass is 9.96. The average molecular weight is 483 g/mol. The van der Waals surface area contributed by atoms with Crippen LogP contribution in [0.3, 0.4) is 0 Å². The van der Waals surface area contributed by atoms with Gasteiger partial charge in [-0.05, 0) is 49.2 Å². The highest BCUT2D eigenvalue weighted by atomic mass is 19.1. The number of halogens is 1. The predicted octanol–water partition coefficient (Wildman–Crippen LogP) is 4.85. The van der Waals surface area contributed by atoms with E-state index in [9.17, 15) is 14.0 Å². The molecule has 2 amide bonds. The predicted molar refractivity (Wildman–Crippen MR) is 136 cm³/mol. The SMILES string of the molecule is O=C(NCc1cn(-c2ccccc2)nc1-c1ccccc1)C1CCCN(C(=O)c2ccc(F)cc2)C1. The van der Waals surface area contributed by atoms with Crippen LogP contribution in [0.15, 0.2) is 91.1 Å². The van der Waals surface area contributed by atoms with Gasteiger partial charge in [-0.15, -0.1) is 0 Å². The molecule has 0 aliphatic carbocycles. The molecule has 0 bridgehead atoms. The summed E-state index contributed by atoms with van der Waals surface area (Å²) in [4.78, 5) is 27.7. The normalized spacial score (nSPS) is 15.5. The first-order valence-corrected chi connectivity index (χ1v) is 12.1. The standard InChI is InChI=1S/C29H27FN4O2/c30-25-15-13-22(14-16-25)29(36)33-17-7-10-23(19-33)28(35)31-18-24-20-34(26-11-5-2-6-12-26)32-27(24)21-8-3-1-4-9-21/h1-6,8-9,11-16,20,23H,7,10,17-19H2,(H,31,35). The molecule has 1 aromatic heterocycles. The van der Waals surface area contributed by atoms with Gasteiger partial charge in [0.1, 0.15) is 5.82 Å². The fourth-order valence-corrected chi connectivity index (χ4v) is 4.57. The number of aromatic nitrogens is 2. The Morgan fingerprint density at radius 2 is 1.64 bits per heavy atom. The average Bonchev–Trinajstić information content (AvgIpc) is 3.37. The number of rotatable bonds is 6. The number of para-hydroxylation sites is 1. The van der Waals surface area contributed by atoms with E-state index in [0.29, 0.717) is 31.6 Å². The van der Waals surface area contributed by atoms with Gasteiger partial charge in [-0.3, -0.25) is 9.59 Å². The highest BCUT2D eigenvalue weighted by Gasteiger charge is 2.29. The number of likely N-dealkylation sites (tertiary alicyclic amines) is 1. The molecule has 182 valence electrons. The Hall–Kier alpha value is -4.26. The highest BCUT2D eigenvalue weighted by molar-refractivity contribution is 5.94. The number of carbonyl (C=O) groups excluding carboxylic acids is 2. The fourth-order valence-electron chi connectivity index (χ4n) is 4.57. The van der Waals surface area contributed by atoms with Gasteiger partial charge < -0.3 is 10.2 Å². The van der Waals surface area contributed by atoms with Gasteiger partial charge in [0.05, 0.1) is 17.3 Å². The van der Waals surface area contributed by atoms with Gasteiger partial charge in [0, 0.05) is 42.5 Å². The molecule has 0 spiro atoms. The summed E-state index contributed by atoms with van der Waals surface area (Å²) in [5.74, 6) is -0.943. The summed E-state index contributed by atoms with van der Waals surface area (Å²) >= 11 is 0. The van der Waals surface area contributed by atoms with Crippen LogP contribution in [0, 0.1) is 11.7 Å². The molecule has 1 aliphatic heterocycles. The molecule has 1 aliphatic rings. The molecule has 5 rings (SSSR count). The number of hydrogen-bond donors (Lipinski definition) is 1. The lowest BCUT2D eigenvalue weighted by Gasteiger charge is -2.32. The van der Waals surface area contributed by atoms with Gasteiger partial charge in [-0.2, -0.15) is 5.10 Å². The number of carbonyl (C=O) groups is 2. The molecule has 3 aromatic carbocycles. The van der Waals surface area contributed by atoms with Crippen molar-refractivity contribution in [3.05, 3.63) is 108 Å². The quantitative estimate of drug-likeness (QED) is 0.427. The minimum absolute atomic E-state index is 0.0851. The van der Waals surface area contributed by atoms with Crippen molar-refractivity contribution in [1.82, 2.24) is 20.0 Å². The number of nitrogens with zero attached hydrogens (tertiary/aromatic N) is 3. The van der Waals surface area contributed by atoms with Crippen molar-refractivity contribution in [2.75, 3.05) is 13.1 Å². The lowest BCUT2D eigenvalue weighted by Crippen LogP contribution is -2.45. The van der Waals surface area contributed by atoms with Gasteiger partial charge in [-0.25, -0.2) is 9.07 Å². The van der Waals surface area contributed by atoms with Crippen molar-refractivity contribution >= 4 is 11.8 Å². The molecule has 1 atom stereocenters. The van der Waals surface area contributed by atoms with Crippen molar-refractivity contribution in [2.24, 2.45) is 5.92 Å². The van der Waals surface area contributed by atoms with Gasteiger partial charge in [0.15, 0.2) is 0 Å². The molecule has 36 heavy (non-hydrogen) atoms. The van der Waals surface area contributed by atoms with Gasteiger partial charge in [-0.1, -0.05) is 48.5 Å². The Labute approximate surface area is 209 Å². The van der Waals surface area contributed by atoms with Gasteiger partial charge >= 0.3 is 0 Å². The molecule has 2 heterocycles. The molecule has 4 aromatic rings. The second-order valence-corrected chi connectivity index (χ2v) is 8.96. The zero-order valence-corrected chi connectivity index (χ0v) is 19.8. The summed E-state index contributed by atoms with van der Waals surface area (Å²) < 4.78 is 15.1. The van der Waals surface area contributed by atoms with Gasteiger partial charge in [0.25, 0.3) is 5.91 Å². The molecule has 1 saturated heterocycles. The molecule has 0 saturated carbocycles. The molecule has 1 N–H and O–H groups in total. The van der Waals surface area contributed by atoms with E-state index in [0.717, 1.165) is 28.9 Å². The van der Waals surface area contributed by atoms with E-state index in [1.807, 2.05) is 71.5 Å². The van der Waals surface area contributed by atoms with Crippen LogP contribution in [-0.2, 0) is 11.3 Å².